The number of hydrogen-bond acceptors (Lipinski definition) is 4. The van der Waals surface area contributed by atoms with Gasteiger partial charge in [0.15, 0.2) is 0 Å². The first-order valence-corrected chi connectivity index (χ1v) is 8.96. The maximum Gasteiger partial charge on any atom is 0.325 e. The molecule has 1 aliphatic rings. The highest BCUT2D eigenvalue weighted by Crippen LogP contribution is 2.34. The van der Waals surface area contributed by atoms with E-state index < -0.39 is 0 Å². The summed E-state index contributed by atoms with van der Waals surface area (Å²) in [6.45, 7) is 2.64. The molecule has 0 unspecified atom stereocenters. The highest BCUT2D eigenvalue weighted by Gasteiger charge is 2.35. The normalized spacial score (nSPS) is 16.9. The molecule has 1 atom stereocenters. The number of carbonyl (C=O) groups excluding carboxylic acids is 2. The Morgan fingerprint density at radius 1 is 1.19 bits per heavy atom. The van der Waals surface area contributed by atoms with Gasteiger partial charge in [-0.25, -0.2) is 4.98 Å². The highest BCUT2D eigenvalue weighted by molar-refractivity contribution is 5.97. The Hall–Kier alpha value is -3.15. The van der Waals surface area contributed by atoms with E-state index in [-0.39, 0.29) is 24.3 Å². The summed E-state index contributed by atoms with van der Waals surface area (Å²) < 4.78 is 6.73. The number of esters is 1. The second-order valence-electron chi connectivity index (χ2n) is 6.81. The molecule has 3 aromatic rings. The molecule has 1 aromatic heterocycles. The summed E-state index contributed by atoms with van der Waals surface area (Å²) >= 11 is 0. The first kappa shape index (κ1) is 17.3. The number of rotatable bonds is 4. The number of hydrogen-bond donors (Lipinski definition) is 0. The molecule has 1 aliphatic heterocycles. The lowest BCUT2D eigenvalue weighted by atomic mass is 10.1. The molecule has 2 heterocycles. The van der Waals surface area contributed by atoms with Gasteiger partial charge in [0, 0.05) is 24.6 Å². The zero-order valence-electron chi connectivity index (χ0n) is 15.4. The molecule has 1 saturated heterocycles. The van der Waals surface area contributed by atoms with Crippen molar-refractivity contribution in [1.82, 2.24) is 9.55 Å². The summed E-state index contributed by atoms with van der Waals surface area (Å²) in [5.41, 5.74) is 3.69. The summed E-state index contributed by atoms with van der Waals surface area (Å²) in [7, 11) is 1.38. The molecule has 6 nitrogen and oxygen atoms in total. The van der Waals surface area contributed by atoms with Crippen LogP contribution in [0.2, 0.25) is 0 Å². The van der Waals surface area contributed by atoms with Gasteiger partial charge < -0.3 is 14.2 Å². The fraction of sp³-hybridized carbons (Fsp3) is 0.286. The third kappa shape index (κ3) is 3.07. The van der Waals surface area contributed by atoms with Crippen LogP contribution < -0.4 is 4.90 Å². The molecule has 0 radical (unpaired) electrons. The molecule has 0 spiro atoms. The number of benzene rings is 2. The summed E-state index contributed by atoms with van der Waals surface area (Å²) in [6, 6.07) is 15.6. The number of nitrogens with zero attached hydrogens (tertiary/aromatic N) is 3. The van der Waals surface area contributed by atoms with Gasteiger partial charge in [-0.2, -0.15) is 0 Å². The Bertz CT molecular complexity index is 1020. The van der Waals surface area contributed by atoms with E-state index in [9.17, 15) is 9.59 Å². The lowest BCUT2D eigenvalue weighted by molar-refractivity contribution is -0.141. The van der Waals surface area contributed by atoms with Crippen LogP contribution in [0.3, 0.4) is 0 Å². The smallest absolute Gasteiger partial charge is 0.325 e. The van der Waals surface area contributed by atoms with Crippen LogP contribution in [-0.2, 0) is 20.9 Å². The summed E-state index contributed by atoms with van der Waals surface area (Å²) in [5, 5.41) is 0. The topological polar surface area (TPSA) is 64.4 Å². The fourth-order valence-corrected chi connectivity index (χ4v) is 3.75. The fourth-order valence-electron chi connectivity index (χ4n) is 3.75. The second-order valence-corrected chi connectivity index (χ2v) is 6.81. The lowest BCUT2D eigenvalue weighted by Gasteiger charge is -2.19. The van der Waals surface area contributed by atoms with Crippen molar-refractivity contribution in [3.8, 4) is 0 Å². The third-order valence-corrected chi connectivity index (χ3v) is 5.10. The number of amides is 1. The van der Waals surface area contributed by atoms with Crippen molar-refractivity contribution in [2.24, 2.45) is 0 Å². The van der Waals surface area contributed by atoms with E-state index in [1.807, 2.05) is 64.9 Å². The zero-order chi connectivity index (χ0) is 19.0. The van der Waals surface area contributed by atoms with Gasteiger partial charge >= 0.3 is 5.97 Å². The Kier molecular flexibility index (Phi) is 4.39. The van der Waals surface area contributed by atoms with E-state index in [0.29, 0.717) is 13.0 Å². The van der Waals surface area contributed by atoms with Gasteiger partial charge in [-0.3, -0.25) is 9.59 Å². The molecule has 138 valence electrons. The number of carbonyl (C=O) groups is 2. The van der Waals surface area contributed by atoms with Crippen molar-refractivity contribution < 1.29 is 14.3 Å². The van der Waals surface area contributed by atoms with Crippen molar-refractivity contribution in [2.75, 3.05) is 18.6 Å². The molecule has 1 fully saturated rings. The van der Waals surface area contributed by atoms with Crippen LogP contribution in [0.1, 0.15) is 23.7 Å². The Labute approximate surface area is 157 Å². The van der Waals surface area contributed by atoms with Gasteiger partial charge in [-0.1, -0.05) is 30.3 Å². The minimum atomic E-state index is -0.334. The van der Waals surface area contributed by atoms with Crippen molar-refractivity contribution in [3.05, 3.63) is 59.9 Å². The Morgan fingerprint density at radius 2 is 1.93 bits per heavy atom. The van der Waals surface area contributed by atoms with E-state index in [1.54, 1.807) is 0 Å². The summed E-state index contributed by atoms with van der Waals surface area (Å²) in [5.74, 6) is 0.422. The van der Waals surface area contributed by atoms with E-state index >= 15 is 0 Å². The van der Waals surface area contributed by atoms with Gasteiger partial charge in [0.1, 0.15) is 12.4 Å². The van der Waals surface area contributed by atoms with Crippen molar-refractivity contribution in [1.29, 1.82) is 0 Å². The lowest BCUT2D eigenvalue weighted by Crippen LogP contribution is -2.25. The molecule has 4 rings (SSSR count). The largest absolute Gasteiger partial charge is 0.468 e. The number of fused-ring (bicyclic) bond motifs is 1. The molecule has 6 heteroatoms. The van der Waals surface area contributed by atoms with Gasteiger partial charge in [0.2, 0.25) is 5.91 Å². The maximum atomic E-state index is 12.7. The number of ether oxygens (including phenoxy) is 1. The van der Waals surface area contributed by atoms with Crippen LogP contribution in [0.15, 0.2) is 48.5 Å². The first-order chi connectivity index (χ1) is 13.1. The summed E-state index contributed by atoms with van der Waals surface area (Å²) in [4.78, 5) is 31.2. The van der Waals surface area contributed by atoms with E-state index in [4.69, 9.17) is 9.72 Å². The van der Waals surface area contributed by atoms with E-state index in [0.717, 1.165) is 28.1 Å². The number of methoxy groups -OCH3 is 1. The van der Waals surface area contributed by atoms with Crippen molar-refractivity contribution in [3.63, 3.8) is 0 Å². The SMILES string of the molecule is COC(=O)Cn1c([C@H]2CC(=O)N(c3ccccc3C)C2)nc2ccccc21. The molecule has 0 N–H and O–H groups in total. The molecular weight excluding hydrogens is 342 g/mol. The van der Waals surface area contributed by atoms with Crippen LogP contribution in [0.4, 0.5) is 5.69 Å². The molecule has 1 amide bonds. The van der Waals surface area contributed by atoms with Gasteiger partial charge in [-0.15, -0.1) is 0 Å². The van der Waals surface area contributed by atoms with E-state index in [1.165, 1.54) is 7.11 Å². The number of para-hydroxylation sites is 3. The van der Waals surface area contributed by atoms with Crippen LogP contribution in [-0.4, -0.2) is 35.1 Å². The molecule has 2 aromatic carbocycles. The number of aromatic nitrogens is 2. The highest BCUT2D eigenvalue weighted by atomic mass is 16.5. The van der Waals surface area contributed by atoms with Gasteiger partial charge in [0.05, 0.1) is 18.1 Å². The number of anilines is 1. The molecule has 0 aliphatic carbocycles. The summed E-state index contributed by atoms with van der Waals surface area (Å²) in [6.07, 6.45) is 0.374. The molecular formula is C21H21N3O3. The van der Waals surface area contributed by atoms with E-state index in [2.05, 4.69) is 0 Å². The van der Waals surface area contributed by atoms with Crippen LogP contribution in [0.5, 0.6) is 0 Å². The maximum absolute atomic E-state index is 12.7. The average molecular weight is 363 g/mol. The van der Waals surface area contributed by atoms with Crippen molar-refractivity contribution in [2.45, 2.75) is 25.8 Å². The predicted octanol–water partition coefficient (Wildman–Crippen LogP) is 3.04. The second kappa shape index (κ2) is 6.87. The molecule has 0 saturated carbocycles. The van der Waals surface area contributed by atoms with Crippen LogP contribution in [0.25, 0.3) is 11.0 Å². The molecule has 27 heavy (non-hydrogen) atoms. The van der Waals surface area contributed by atoms with Gasteiger partial charge in [0.25, 0.3) is 0 Å². The minimum Gasteiger partial charge on any atom is -0.468 e. The Balaban J connectivity index is 1.72. The van der Waals surface area contributed by atoms with Crippen molar-refractivity contribution >= 4 is 28.6 Å². The van der Waals surface area contributed by atoms with Crippen LogP contribution in [0, 0.1) is 6.92 Å². The number of imidazole rings is 1. The Morgan fingerprint density at radius 3 is 2.70 bits per heavy atom. The van der Waals surface area contributed by atoms with Gasteiger partial charge in [-0.05, 0) is 30.7 Å². The third-order valence-electron chi connectivity index (χ3n) is 5.10. The predicted molar refractivity (Wildman–Crippen MR) is 103 cm³/mol. The first-order valence-electron chi connectivity index (χ1n) is 8.96. The van der Waals surface area contributed by atoms with Crippen LogP contribution >= 0.6 is 0 Å². The standard InChI is InChI=1S/C21H21N3O3/c1-14-7-3-5-9-17(14)23-12-15(11-19(23)25)21-22-16-8-4-6-10-18(16)24(21)13-20(26)27-2/h3-10,15H,11-13H2,1-2H3/t15-/m0/s1. The molecule has 0 bridgehead atoms. The minimum absolute atomic E-state index is 0.0748. The average Bonchev–Trinajstić information content (AvgIpc) is 3.23. The quantitative estimate of drug-likeness (QED) is 0.669. The zero-order valence-corrected chi connectivity index (χ0v) is 15.4. The monoisotopic (exact) mass is 363 g/mol. The number of aryl methyl sites for hydroxylation is 1.